The van der Waals surface area contributed by atoms with Crippen LogP contribution in [0.25, 0.3) is 0 Å². The summed E-state index contributed by atoms with van der Waals surface area (Å²) in [5, 5.41) is 0. The lowest BCUT2D eigenvalue weighted by molar-refractivity contribution is -0.457. The van der Waals surface area contributed by atoms with Crippen molar-refractivity contribution in [1.29, 1.82) is 0 Å². The van der Waals surface area contributed by atoms with E-state index in [9.17, 15) is 39.5 Å². The molecule has 0 aliphatic heterocycles. The van der Waals surface area contributed by atoms with Gasteiger partial charge >= 0.3 is 24.1 Å². The van der Waals surface area contributed by atoms with Crippen molar-refractivity contribution < 1.29 is 53.7 Å². The molecule has 0 amide bonds. The van der Waals surface area contributed by atoms with E-state index in [-0.39, 0.29) is 18.1 Å². The molecule has 5 atom stereocenters. The third kappa shape index (κ3) is 6.91. The van der Waals surface area contributed by atoms with E-state index >= 15 is 0 Å². The molecule has 1 aromatic rings. The summed E-state index contributed by atoms with van der Waals surface area (Å²) in [6, 6.07) is 6.34. The third-order valence-electron chi connectivity index (χ3n) is 9.37. The minimum Gasteiger partial charge on any atom is -0.493 e. The van der Waals surface area contributed by atoms with E-state index in [1.54, 1.807) is 21.6 Å². The van der Waals surface area contributed by atoms with Crippen LogP contribution in [-0.4, -0.2) is 61.6 Å². The molecule has 0 unspecified atom stereocenters. The molecule has 2 saturated carbocycles. The van der Waals surface area contributed by atoms with Gasteiger partial charge in [0.1, 0.15) is 5.75 Å². The molecule has 0 heterocycles. The zero-order chi connectivity index (χ0) is 31.7. The Hall–Kier alpha value is -0.990. The van der Waals surface area contributed by atoms with Crippen LogP contribution >= 0.6 is 21.6 Å². The van der Waals surface area contributed by atoms with E-state index in [0.717, 1.165) is 49.4 Å². The maximum absolute atomic E-state index is 13.1. The summed E-state index contributed by atoms with van der Waals surface area (Å²) in [6.07, 6.45) is -15.8. The third-order valence-corrected chi connectivity index (χ3v) is 11.8. The fourth-order valence-electron chi connectivity index (χ4n) is 7.45. The number of rotatable bonds is 12. The van der Waals surface area contributed by atoms with Crippen molar-refractivity contribution >= 4 is 21.6 Å². The molecule has 1 aromatic carbocycles. The molecule has 0 spiro atoms. The molecule has 4 rings (SSSR count). The Kier molecular flexibility index (Phi) is 10.9. The molecule has 246 valence electrons. The maximum atomic E-state index is 13.1. The van der Waals surface area contributed by atoms with E-state index in [4.69, 9.17) is 9.47 Å². The van der Waals surface area contributed by atoms with Crippen molar-refractivity contribution in [2.24, 2.45) is 17.3 Å². The normalized spacial score (nSPS) is 27.9. The van der Waals surface area contributed by atoms with E-state index in [2.05, 4.69) is 30.7 Å². The molecule has 3 aliphatic carbocycles. The molecule has 0 N–H and O–H groups in total. The van der Waals surface area contributed by atoms with Crippen LogP contribution in [0.4, 0.5) is 39.5 Å². The Morgan fingerprint density at radius 3 is 2.21 bits per heavy atom. The highest BCUT2D eigenvalue weighted by atomic mass is 33.1. The number of hydrogen-bond acceptors (Lipinski definition) is 5. The molecular formula is C29H37F9O3S2. The second-order valence-electron chi connectivity index (χ2n) is 11.7. The van der Waals surface area contributed by atoms with Crippen LogP contribution in [-0.2, 0) is 15.9 Å². The maximum Gasteiger partial charge on any atom is 0.435 e. The zero-order valence-electron chi connectivity index (χ0n) is 24.0. The summed E-state index contributed by atoms with van der Waals surface area (Å²) < 4.78 is 133. The molecule has 3 nitrogen and oxygen atoms in total. The number of hydrogen-bond donors (Lipinski definition) is 0. The van der Waals surface area contributed by atoms with Crippen LogP contribution in [0.5, 0.6) is 5.75 Å². The Labute approximate surface area is 253 Å². The Morgan fingerprint density at radius 2 is 1.56 bits per heavy atom. The predicted octanol–water partition coefficient (Wildman–Crippen LogP) is 9.54. The van der Waals surface area contributed by atoms with E-state index in [0.29, 0.717) is 30.8 Å². The highest BCUT2D eigenvalue weighted by molar-refractivity contribution is 8.76. The van der Waals surface area contributed by atoms with Crippen LogP contribution in [0.15, 0.2) is 18.2 Å². The molecule has 3 aliphatic rings. The first-order valence-electron chi connectivity index (χ1n) is 14.5. The summed E-state index contributed by atoms with van der Waals surface area (Å²) in [6.45, 7) is 3.16. The summed E-state index contributed by atoms with van der Waals surface area (Å²) in [5.41, 5.74) is -3.83. The Morgan fingerprint density at radius 1 is 0.860 bits per heavy atom. The van der Waals surface area contributed by atoms with Gasteiger partial charge in [0.15, 0.2) is 0 Å². The summed E-state index contributed by atoms with van der Waals surface area (Å²) >= 11 is 0. The zero-order valence-corrected chi connectivity index (χ0v) is 25.6. The second kappa shape index (κ2) is 13.4. The quantitative estimate of drug-likeness (QED) is 0.126. The number of benzene rings is 1. The van der Waals surface area contributed by atoms with Gasteiger partial charge in [-0.05, 0) is 91.4 Å². The monoisotopic (exact) mass is 668 g/mol. The highest BCUT2D eigenvalue weighted by Gasteiger charge is 2.85. The fraction of sp³-hybridized carbons (Fsp3) is 0.793. The van der Waals surface area contributed by atoms with Gasteiger partial charge in [-0.15, -0.1) is 0 Å². The van der Waals surface area contributed by atoms with Crippen molar-refractivity contribution in [3.63, 3.8) is 0 Å². The lowest BCUT2D eigenvalue weighted by atomic mass is 9.55. The molecule has 43 heavy (non-hydrogen) atoms. The first kappa shape index (κ1) is 34.9. The van der Waals surface area contributed by atoms with Crippen LogP contribution < -0.4 is 4.74 Å². The van der Waals surface area contributed by atoms with E-state index < -0.39 is 37.2 Å². The lowest BCUT2D eigenvalue weighted by Crippen LogP contribution is -2.67. The van der Waals surface area contributed by atoms with Crippen molar-refractivity contribution in [2.45, 2.75) is 94.9 Å². The van der Waals surface area contributed by atoms with Gasteiger partial charge in [-0.25, -0.2) is 0 Å². The second-order valence-corrected chi connectivity index (χ2v) is 14.6. The minimum atomic E-state index is -6.73. The lowest BCUT2D eigenvalue weighted by Gasteiger charge is -2.50. The molecule has 0 bridgehead atoms. The molecule has 2 fully saturated rings. The van der Waals surface area contributed by atoms with Crippen molar-refractivity contribution in [3.05, 3.63) is 29.3 Å². The first-order chi connectivity index (χ1) is 20.1. The number of fused-ring (bicyclic) bond motifs is 5. The smallest absolute Gasteiger partial charge is 0.435 e. The SMILES string of the molecule is CCSSCCOc1ccc2c(c1)CC[C@@H]1[C@@H]2CC[C@]2(C)[C@@H](OCCCOC(C(F)(F)F)(C(F)(F)F)C(F)(F)F)CC[C@@H]12. The van der Waals surface area contributed by atoms with Gasteiger partial charge < -0.3 is 14.2 Å². The highest BCUT2D eigenvalue weighted by Crippen LogP contribution is 2.62. The Balaban J connectivity index is 1.32. The van der Waals surface area contributed by atoms with Gasteiger partial charge in [0.2, 0.25) is 0 Å². The molecule has 0 radical (unpaired) electrons. The number of alkyl halides is 9. The molecule has 0 saturated heterocycles. The Bertz CT molecular complexity index is 1040. The van der Waals surface area contributed by atoms with Crippen LogP contribution in [0, 0.1) is 17.3 Å². The van der Waals surface area contributed by atoms with Crippen LogP contribution in [0.2, 0.25) is 0 Å². The molecule has 0 aromatic heterocycles. The number of ether oxygens (including phenoxy) is 3. The minimum absolute atomic E-state index is 0.232. The van der Waals surface area contributed by atoms with E-state index in [1.807, 2.05) is 6.07 Å². The van der Waals surface area contributed by atoms with Crippen molar-refractivity contribution in [2.75, 3.05) is 31.3 Å². The standard InChI is InChI=1S/C29H37F9O3S2/c1-3-42-43-16-15-39-19-6-8-20-18(17-19)5-7-22-21(20)11-12-25(2)23(22)9-10-24(25)40-13-4-14-41-26(27(30,31)32,28(33,34)35)29(36,37)38/h6,8,17,21-24H,3-5,7,9-16H2,1-2H3/t21-,22-,23+,24+,25+/m1/s1. The predicted molar refractivity (Wildman–Crippen MR) is 148 cm³/mol. The number of aryl methyl sites for hydroxylation is 1. The van der Waals surface area contributed by atoms with Gasteiger partial charge in [0, 0.05) is 18.1 Å². The number of halogens is 9. The van der Waals surface area contributed by atoms with Crippen molar-refractivity contribution in [3.8, 4) is 5.75 Å². The largest absolute Gasteiger partial charge is 0.493 e. The van der Waals surface area contributed by atoms with Gasteiger partial charge in [0.25, 0.3) is 0 Å². The summed E-state index contributed by atoms with van der Waals surface area (Å²) in [5.74, 6) is 3.97. The first-order valence-corrected chi connectivity index (χ1v) is 17.0. The van der Waals surface area contributed by atoms with Gasteiger partial charge in [0.05, 0.1) is 19.3 Å². The molecule has 14 heteroatoms. The van der Waals surface area contributed by atoms with Crippen LogP contribution in [0.1, 0.15) is 69.4 Å². The van der Waals surface area contributed by atoms with E-state index in [1.165, 1.54) is 11.1 Å². The fourth-order valence-corrected chi connectivity index (χ4v) is 8.94. The van der Waals surface area contributed by atoms with Gasteiger partial charge in [-0.1, -0.05) is 41.5 Å². The molecular weight excluding hydrogens is 631 g/mol. The average molecular weight is 669 g/mol. The average Bonchev–Trinajstić information content (AvgIpc) is 3.24. The van der Waals surface area contributed by atoms with Crippen molar-refractivity contribution in [1.82, 2.24) is 0 Å². The topological polar surface area (TPSA) is 27.7 Å². The van der Waals surface area contributed by atoms with Gasteiger partial charge in [-0.2, -0.15) is 39.5 Å². The van der Waals surface area contributed by atoms with Gasteiger partial charge in [-0.3, -0.25) is 0 Å². The summed E-state index contributed by atoms with van der Waals surface area (Å²) in [7, 11) is 3.59. The van der Waals surface area contributed by atoms with Crippen LogP contribution in [0.3, 0.4) is 0 Å². The summed E-state index contributed by atoms with van der Waals surface area (Å²) in [4.78, 5) is 0.